The summed E-state index contributed by atoms with van der Waals surface area (Å²) < 4.78 is 11.6. The van der Waals surface area contributed by atoms with Crippen molar-refractivity contribution in [1.29, 1.82) is 0 Å². The first-order chi connectivity index (χ1) is 25.3. The molecular weight excluding hydrogens is 645 g/mol. The third-order valence-corrected chi connectivity index (χ3v) is 11.0. The SMILES string of the molecule is c1ccc(-c2nc(-c3ccccc3)nc(-c3cc(-n4c5ccccc5c5ccc6c7ccccc7sc6c54)c4c(c3)oc3ccccc34)n2)cc1. The van der Waals surface area contributed by atoms with Gasteiger partial charge in [-0.2, -0.15) is 0 Å². The Morgan fingerprint density at radius 1 is 0.451 bits per heavy atom. The zero-order valence-corrected chi connectivity index (χ0v) is 27.9. The lowest BCUT2D eigenvalue weighted by molar-refractivity contribution is 0.669. The summed E-state index contributed by atoms with van der Waals surface area (Å²) in [6.07, 6.45) is 0. The van der Waals surface area contributed by atoms with E-state index in [1.807, 2.05) is 84.1 Å². The average molecular weight is 671 g/mol. The Kier molecular flexibility index (Phi) is 6.05. The molecule has 0 amide bonds. The van der Waals surface area contributed by atoms with Crippen molar-refractivity contribution in [2.75, 3.05) is 0 Å². The maximum absolute atomic E-state index is 6.66. The Morgan fingerprint density at radius 3 is 1.78 bits per heavy atom. The lowest BCUT2D eigenvalue weighted by Gasteiger charge is -2.13. The number of thiophene rings is 1. The van der Waals surface area contributed by atoms with Gasteiger partial charge < -0.3 is 8.98 Å². The van der Waals surface area contributed by atoms with Crippen LogP contribution in [0.15, 0.2) is 162 Å². The highest BCUT2D eigenvalue weighted by Gasteiger charge is 2.23. The van der Waals surface area contributed by atoms with Crippen LogP contribution in [0.4, 0.5) is 0 Å². The van der Waals surface area contributed by atoms with Gasteiger partial charge in [-0.05, 0) is 30.3 Å². The molecule has 0 saturated carbocycles. The predicted octanol–water partition coefficient (Wildman–Crippen LogP) is 12.2. The van der Waals surface area contributed by atoms with Crippen LogP contribution in [0, 0.1) is 0 Å². The summed E-state index contributed by atoms with van der Waals surface area (Å²) in [5, 5.41) is 7.07. The van der Waals surface area contributed by atoms with Gasteiger partial charge in [-0.15, -0.1) is 11.3 Å². The normalized spacial score (nSPS) is 11.9. The molecule has 0 saturated heterocycles. The van der Waals surface area contributed by atoms with Crippen LogP contribution in [-0.4, -0.2) is 19.5 Å². The largest absolute Gasteiger partial charge is 0.456 e. The van der Waals surface area contributed by atoms with Gasteiger partial charge in [0.05, 0.1) is 26.8 Å². The number of furan rings is 1. The second-order valence-electron chi connectivity index (χ2n) is 12.8. The third-order valence-electron chi connectivity index (χ3n) is 9.84. The maximum atomic E-state index is 6.66. The molecule has 4 aromatic heterocycles. The maximum Gasteiger partial charge on any atom is 0.164 e. The summed E-state index contributed by atoms with van der Waals surface area (Å²) in [4.78, 5) is 15.2. The van der Waals surface area contributed by atoms with Crippen molar-refractivity contribution >= 4 is 75.3 Å². The number of para-hydroxylation sites is 2. The monoisotopic (exact) mass is 670 g/mol. The minimum atomic E-state index is 0.582. The highest BCUT2D eigenvalue weighted by Crippen LogP contribution is 2.45. The summed E-state index contributed by atoms with van der Waals surface area (Å²) in [5.41, 5.74) is 7.66. The van der Waals surface area contributed by atoms with Crippen LogP contribution in [0.1, 0.15) is 0 Å². The third kappa shape index (κ3) is 4.30. The molecule has 11 rings (SSSR count). The van der Waals surface area contributed by atoms with Crippen LogP contribution >= 0.6 is 11.3 Å². The Labute approximate surface area is 295 Å². The van der Waals surface area contributed by atoms with Gasteiger partial charge in [0.1, 0.15) is 11.2 Å². The van der Waals surface area contributed by atoms with Gasteiger partial charge in [-0.3, -0.25) is 0 Å². The number of benzene rings is 7. The fraction of sp³-hybridized carbons (Fsp3) is 0. The van der Waals surface area contributed by atoms with E-state index in [-0.39, 0.29) is 0 Å². The van der Waals surface area contributed by atoms with Crippen molar-refractivity contribution in [3.63, 3.8) is 0 Å². The first kappa shape index (κ1) is 28.2. The average Bonchev–Trinajstić information content (AvgIpc) is 3.88. The Morgan fingerprint density at radius 2 is 1.04 bits per heavy atom. The standard InChI is InChI=1S/C45H26N4OS/c1-3-13-27(14-4-1)43-46-44(28-15-5-2-6-16-28)48-45(47-43)29-25-36(40-34-19-8-11-21-37(34)50-38(40)26-29)49-35-20-10-7-17-30(35)32-23-24-33-31-18-9-12-22-39(31)51-42(33)41(32)49/h1-26H. The molecule has 0 N–H and O–H groups in total. The van der Waals surface area contributed by atoms with Crippen LogP contribution in [-0.2, 0) is 0 Å². The molecule has 0 atom stereocenters. The van der Waals surface area contributed by atoms with E-state index in [2.05, 4.69) is 89.5 Å². The molecule has 51 heavy (non-hydrogen) atoms. The Balaban J connectivity index is 1.28. The van der Waals surface area contributed by atoms with Crippen LogP contribution in [0.3, 0.4) is 0 Å². The number of hydrogen-bond donors (Lipinski definition) is 0. The fourth-order valence-electron chi connectivity index (χ4n) is 7.56. The molecule has 7 aromatic carbocycles. The summed E-state index contributed by atoms with van der Waals surface area (Å²) >= 11 is 1.85. The smallest absolute Gasteiger partial charge is 0.164 e. The van der Waals surface area contributed by atoms with Gasteiger partial charge in [0.2, 0.25) is 0 Å². The molecule has 4 heterocycles. The first-order valence-corrected chi connectivity index (χ1v) is 17.8. The topological polar surface area (TPSA) is 56.7 Å². The molecule has 238 valence electrons. The summed E-state index contributed by atoms with van der Waals surface area (Å²) in [6.45, 7) is 0. The minimum Gasteiger partial charge on any atom is -0.456 e. The van der Waals surface area contributed by atoms with E-state index in [0.717, 1.165) is 49.8 Å². The zero-order chi connectivity index (χ0) is 33.5. The molecule has 0 spiro atoms. The molecule has 5 nitrogen and oxygen atoms in total. The fourth-order valence-corrected chi connectivity index (χ4v) is 8.80. The molecule has 6 heteroatoms. The van der Waals surface area contributed by atoms with E-state index in [0.29, 0.717) is 17.5 Å². The summed E-state index contributed by atoms with van der Waals surface area (Å²) in [7, 11) is 0. The highest BCUT2D eigenvalue weighted by atomic mass is 32.1. The van der Waals surface area contributed by atoms with Crippen molar-refractivity contribution in [3.05, 3.63) is 158 Å². The number of aromatic nitrogens is 4. The molecule has 11 aromatic rings. The molecule has 0 radical (unpaired) electrons. The van der Waals surface area contributed by atoms with Crippen LogP contribution in [0.5, 0.6) is 0 Å². The van der Waals surface area contributed by atoms with E-state index in [4.69, 9.17) is 19.4 Å². The highest BCUT2D eigenvalue weighted by molar-refractivity contribution is 7.26. The van der Waals surface area contributed by atoms with Gasteiger partial charge in [-0.25, -0.2) is 15.0 Å². The molecule has 0 aliphatic rings. The van der Waals surface area contributed by atoms with Gasteiger partial charge in [0.25, 0.3) is 0 Å². The van der Waals surface area contributed by atoms with Crippen LogP contribution in [0.2, 0.25) is 0 Å². The molecule has 0 bridgehead atoms. The predicted molar refractivity (Wildman–Crippen MR) is 211 cm³/mol. The van der Waals surface area contributed by atoms with Crippen molar-refractivity contribution in [2.24, 2.45) is 0 Å². The number of nitrogens with zero attached hydrogens (tertiary/aromatic N) is 4. The van der Waals surface area contributed by atoms with E-state index in [1.165, 1.54) is 36.5 Å². The zero-order valence-electron chi connectivity index (χ0n) is 27.1. The Hall–Kier alpha value is -6.63. The lowest BCUT2D eigenvalue weighted by Crippen LogP contribution is -2.01. The molecular formula is C45H26N4OS. The van der Waals surface area contributed by atoms with Gasteiger partial charge in [0, 0.05) is 48.3 Å². The van der Waals surface area contributed by atoms with E-state index < -0.39 is 0 Å². The lowest BCUT2D eigenvalue weighted by atomic mass is 10.1. The van der Waals surface area contributed by atoms with E-state index in [1.54, 1.807) is 0 Å². The van der Waals surface area contributed by atoms with Crippen molar-refractivity contribution in [3.8, 4) is 39.9 Å². The Bertz CT molecular complexity index is 3080. The van der Waals surface area contributed by atoms with E-state index in [9.17, 15) is 0 Å². The van der Waals surface area contributed by atoms with Gasteiger partial charge in [-0.1, -0.05) is 127 Å². The van der Waals surface area contributed by atoms with Crippen molar-refractivity contribution < 1.29 is 4.42 Å². The minimum absolute atomic E-state index is 0.582. The van der Waals surface area contributed by atoms with E-state index >= 15 is 0 Å². The van der Waals surface area contributed by atoms with Crippen molar-refractivity contribution in [1.82, 2.24) is 19.5 Å². The first-order valence-electron chi connectivity index (χ1n) is 16.9. The van der Waals surface area contributed by atoms with Crippen LogP contribution < -0.4 is 0 Å². The second-order valence-corrected chi connectivity index (χ2v) is 13.8. The summed E-state index contributed by atoms with van der Waals surface area (Å²) in [6, 6.07) is 54.8. The number of fused-ring (bicyclic) bond motifs is 10. The number of hydrogen-bond acceptors (Lipinski definition) is 5. The van der Waals surface area contributed by atoms with Gasteiger partial charge >= 0.3 is 0 Å². The molecule has 0 fully saturated rings. The molecule has 0 unspecified atom stereocenters. The summed E-state index contributed by atoms with van der Waals surface area (Å²) in [5.74, 6) is 1.82. The molecule has 0 aliphatic heterocycles. The number of rotatable bonds is 4. The van der Waals surface area contributed by atoms with Crippen LogP contribution in [0.25, 0.3) is 104 Å². The quantitative estimate of drug-likeness (QED) is 0.187. The second kappa shape index (κ2) is 10.9. The molecule has 0 aliphatic carbocycles. The van der Waals surface area contributed by atoms with Gasteiger partial charge in [0.15, 0.2) is 17.5 Å². The van der Waals surface area contributed by atoms with Crippen molar-refractivity contribution in [2.45, 2.75) is 0 Å².